The minimum absolute atomic E-state index is 0.192. The van der Waals surface area contributed by atoms with Gasteiger partial charge in [-0.15, -0.1) is 0 Å². The number of carbonyl (C=O) groups is 2. The van der Waals surface area contributed by atoms with Crippen molar-refractivity contribution < 1.29 is 23.8 Å². The molecule has 1 aliphatic rings. The van der Waals surface area contributed by atoms with Crippen LogP contribution < -0.4 is 9.47 Å². The Morgan fingerprint density at radius 1 is 1.15 bits per heavy atom. The molecule has 4 rings (SSSR count). The van der Waals surface area contributed by atoms with E-state index in [1.165, 1.54) is 6.08 Å². The number of esters is 1. The Balaban J connectivity index is 1.42. The van der Waals surface area contributed by atoms with Crippen molar-refractivity contribution in [2.45, 2.75) is 13.0 Å². The first kappa shape index (κ1) is 16.9. The number of fused-ring (bicyclic) bond motifs is 2. The molecule has 0 unspecified atom stereocenters. The molecule has 0 aliphatic carbocycles. The number of aromatic amines is 1. The van der Waals surface area contributed by atoms with E-state index in [1.54, 1.807) is 37.4 Å². The van der Waals surface area contributed by atoms with E-state index in [9.17, 15) is 9.59 Å². The largest absolute Gasteiger partial charge is 0.454 e. The molecule has 2 heterocycles. The van der Waals surface area contributed by atoms with Gasteiger partial charge in [-0.25, -0.2) is 4.79 Å². The zero-order chi connectivity index (χ0) is 18.8. The summed E-state index contributed by atoms with van der Waals surface area (Å²) >= 11 is 0. The van der Waals surface area contributed by atoms with Crippen LogP contribution in [0.5, 0.6) is 11.5 Å². The van der Waals surface area contributed by atoms with Crippen LogP contribution in [0.25, 0.3) is 17.0 Å². The lowest BCUT2D eigenvalue weighted by Crippen LogP contribution is -2.23. The van der Waals surface area contributed by atoms with Gasteiger partial charge in [-0.2, -0.15) is 0 Å². The third-order valence-corrected chi connectivity index (χ3v) is 4.33. The zero-order valence-corrected chi connectivity index (χ0v) is 14.6. The lowest BCUT2D eigenvalue weighted by atomic mass is 10.1. The van der Waals surface area contributed by atoms with Crippen LogP contribution in [0, 0.1) is 0 Å². The van der Waals surface area contributed by atoms with Gasteiger partial charge in [0.1, 0.15) is 0 Å². The van der Waals surface area contributed by atoms with Gasteiger partial charge in [0.2, 0.25) is 12.6 Å². The van der Waals surface area contributed by atoms with Gasteiger partial charge >= 0.3 is 5.97 Å². The Kier molecular flexibility index (Phi) is 4.38. The number of hydrogen-bond donors (Lipinski definition) is 1. The average molecular weight is 363 g/mol. The van der Waals surface area contributed by atoms with Crippen molar-refractivity contribution in [1.82, 2.24) is 4.98 Å². The van der Waals surface area contributed by atoms with E-state index in [0.717, 1.165) is 16.5 Å². The number of ketones is 1. The van der Waals surface area contributed by atoms with Crippen LogP contribution in [-0.2, 0) is 9.53 Å². The highest BCUT2D eigenvalue weighted by molar-refractivity contribution is 6.10. The molecule has 0 bridgehead atoms. The Morgan fingerprint density at radius 2 is 1.96 bits per heavy atom. The summed E-state index contributed by atoms with van der Waals surface area (Å²) in [5.74, 6) is 0.465. The smallest absolute Gasteiger partial charge is 0.331 e. The van der Waals surface area contributed by atoms with Crippen molar-refractivity contribution >= 4 is 28.7 Å². The summed E-state index contributed by atoms with van der Waals surface area (Å²) in [5.41, 5.74) is 2.14. The van der Waals surface area contributed by atoms with Crippen LogP contribution in [0.3, 0.4) is 0 Å². The van der Waals surface area contributed by atoms with E-state index in [-0.39, 0.29) is 12.6 Å². The summed E-state index contributed by atoms with van der Waals surface area (Å²) in [5, 5.41) is 0.807. The second-order valence-electron chi connectivity index (χ2n) is 6.14. The molecular formula is C21H17NO5. The molecule has 0 radical (unpaired) electrons. The van der Waals surface area contributed by atoms with Gasteiger partial charge in [-0.1, -0.05) is 24.3 Å². The molecule has 0 saturated carbocycles. The van der Waals surface area contributed by atoms with Crippen LogP contribution in [0.15, 0.2) is 54.7 Å². The molecule has 0 amide bonds. The van der Waals surface area contributed by atoms with Gasteiger partial charge in [0.25, 0.3) is 0 Å². The summed E-state index contributed by atoms with van der Waals surface area (Å²) < 4.78 is 15.8. The molecule has 0 fully saturated rings. The summed E-state index contributed by atoms with van der Waals surface area (Å²) in [7, 11) is 0. The molecular weight excluding hydrogens is 346 g/mol. The average Bonchev–Trinajstić information content (AvgIpc) is 3.32. The van der Waals surface area contributed by atoms with E-state index in [2.05, 4.69) is 4.98 Å². The van der Waals surface area contributed by atoms with E-state index in [4.69, 9.17) is 14.2 Å². The fraction of sp³-hybridized carbons (Fsp3) is 0.143. The van der Waals surface area contributed by atoms with Gasteiger partial charge in [0, 0.05) is 28.7 Å². The highest BCUT2D eigenvalue weighted by Crippen LogP contribution is 2.32. The van der Waals surface area contributed by atoms with Crippen molar-refractivity contribution in [2.24, 2.45) is 0 Å². The zero-order valence-electron chi connectivity index (χ0n) is 14.6. The minimum atomic E-state index is -0.891. The molecule has 0 saturated heterocycles. The quantitative estimate of drug-likeness (QED) is 0.425. The number of carbonyl (C=O) groups excluding carboxylic acids is 2. The van der Waals surface area contributed by atoms with Crippen molar-refractivity contribution in [3.63, 3.8) is 0 Å². The number of Topliss-reactive ketones (excluding diaryl/α,β-unsaturated/α-hetero) is 1. The van der Waals surface area contributed by atoms with Crippen LogP contribution >= 0.6 is 0 Å². The molecule has 136 valence electrons. The maximum Gasteiger partial charge on any atom is 0.331 e. The molecule has 0 spiro atoms. The molecule has 1 N–H and O–H groups in total. The number of hydrogen-bond acceptors (Lipinski definition) is 5. The number of ether oxygens (including phenoxy) is 3. The van der Waals surface area contributed by atoms with Crippen LogP contribution in [0.1, 0.15) is 22.8 Å². The third kappa shape index (κ3) is 3.42. The number of H-pyrrole nitrogens is 1. The molecule has 1 aliphatic heterocycles. The normalized spacial score (nSPS) is 13.8. The SMILES string of the molecule is C[C@H](OC(=O)/C=C/c1ccc2c(c1)OCO2)C(=O)c1c[nH]c2ccccc12. The number of aromatic nitrogens is 1. The molecule has 6 nitrogen and oxygen atoms in total. The Bertz CT molecular complexity index is 1050. The lowest BCUT2D eigenvalue weighted by Gasteiger charge is -2.10. The Morgan fingerprint density at radius 3 is 2.85 bits per heavy atom. The summed E-state index contributed by atoms with van der Waals surface area (Å²) in [6.45, 7) is 1.76. The van der Waals surface area contributed by atoms with Gasteiger partial charge in [-0.3, -0.25) is 4.79 Å². The predicted molar refractivity (Wildman–Crippen MR) is 99.8 cm³/mol. The fourth-order valence-electron chi connectivity index (χ4n) is 2.94. The number of para-hydroxylation sites is 1. The van der Waals surface area contributed by atoms with Crippen molar-refractivity contribution in [3.8, 4) is 11.5 Å². The molecule has 27 heavy (non-hydrogen) atoms. The lowest BCUT2D eigenvalue weighted by molar-refractivity contribution is -0.140. The summed E-state index contributed by atoms with van der Waals surface area (Å²) in [6, 6.07) is 12.8. The van der Waals surface area contributed by atoms with Crippen molar-refractivity contribution in [3.05, 3.63) is 65.9 Å². The highest BCUT2D eigenvalue weighted by atomic mass is 16.7. The topological polar surface area (TPSA) is 77.6 Å². The van der Waals surface area contributed by atoms with Crippen molar-refractivity contribution in [2.75, 3.05) is 6.79 Å². The monoisotopic (exact) mass is 363 g/mol. The first-order chi connectivity index (χ1) is 13.1. The predicted octanol–water partition coefficient (Wildman–Crippen LogP) is 3.72. The number of benzene rings is 2. The van der Waals surface area contributed by atoms with Gasteiger partial charge in [0.05, 0.1) is 0 Å². The number of nitrogens with one attached hydrogen (secondary N) is 1. The van der Waals surface area contributed by atoms with E-state index in [1.807, 2.05) is 24.3 Å². The minimum Gasteiger partial charge on any atom is -0.454 e. The van der Waals surface area contributed by atoms with E-state index < -0.39 is 12.1 Å². The second kappa shape index (κ2) is 6.99. The standard InChI is InChI=1S/C21H17NO5/c1-13(21(24)16-11-22-17-5-3-2-4-15(16)17)27-20(23)9-7-14-6-8-18-19(10-14)26-12-25-18/h2-11,13,22H,12H2,1H3/b9-7+/t13-/m0/s1. The fourth-order valence-corrected chi connectivity index (χ4v) is 2.94. The summed E-state index contributed by atoms with van der Waals surface area (Å²) in [6.07, 6.45) is 3.64. The maximum absolute atomic E-state index is 12.6. The highest BCUT2D eigenvalue weighted by Gasteiger charge is 2.21. The van der Waals surface area contributed by atoms with Gasteiger partial charge in [-0.05, 0) is 36.8 Å². The molecule has 6 heteroatoms. The van der Waals surface area contributed by atoms with Crippen LogP contribution in [0.4, 0.5) is 0 Å². The second-order valence-corrected chi connectivity index (χ2v) is 6.14. The Hall–Kier alpha value is -3.54. The van der Waals surface area contributed by atoms with Gasteiger partial charge in [0.15, 0.2) is 17.6 Å². The molecule has 2 aromatic carbocycles. The third-order valence-electron chi connectivity index (χ3n) is 4.33. The molecule has 3 aromatic rings. The van der Waals surface area contributed by atoms with Crippen molar-refractivity contribution in [1.29, 1.82) is 0 Å². The number of rotatable bonds is 5. The van der Waals surface area contributed by atoms with Gasteiger partial charge < -0.3 is 19.2 Å². The summed E-state index contributed by atoms with van der Waals surface area (Å²) in [4.78, 5) is 27.7. The molecule has 1 atom stereocenters. The van der Waals surface area contributed by atoms with Crippen LogP contribution in [0.2, 0.25) is 0 Å². The molecule has 1 aromatic heterocycles. The van der Waals surface area contributed by atoms with E-state index >= 15 is 0 Å². The first-order valence-electron chi connectivity index (χ1n) is 8.50. The Labute approximate surface area is 155 Å². The van der Waals surface area contributed by atoms with Crippen LogP contribution in [-0.4, -0.2) is 29.6 Å². The first-order valence-corrected chi connectivity index (χ1v) is 8.50. The van der Waals surface area contributed by atoms with E-state index in [0.29, 0.717) is 17.1 Å². The maximum atomic E-state index is 12.6.